The Morgan fingerprint density at radius 1 is 1.24 bits per heavy atom. The molecule has 1 spiro atoms. The molecule has 2 rings (SSSR count). The topological polar surface area (TPSA) is 15.3 Å². The van der Waals surface area contributed by atoms with Crippen LogP contribution in [-0.2, 0) is 0 Å². The fourth-order valence-corrected chi connectivity index (χ4v) is 3.60. The Morgan fingerprint density at radius 3 is 2.41 bits per heavy atom. The number of hydrogen-bond acceptors (Lipinski definition) is 2. The van der Waals surface area contributed by atoms with Crippen LogP contribution in [0.1, 0.15) is 59.8 Å². The summed E-state index contributed by atoms with van der Waals surface area (Å²) in [4.78, 5) is 2.82. The highest BCUT2D eigenvalue weighted by Gasteiger charge is 2.46. The monoisotopic (exact) mass is 238 g/mol. The normalized spacial score (nSPS) is 33.7. The molecule has 1 unspecified atom stereocenters. The van der Waals surface area contributed by atoms with Gasteiger partial charge in [0, 0.05) is 30.7 Å². The zero-order chi connectivity index (χ0) is 12.5. The van der Waals surface area contributed by atoms with E-state index in [4.69, 9.17) is 0 Å². The van der Waals surface area contributed by atoms with Gasteiger partial charge in [0.05, 0.1) is 0 Å². The van der Waals surface area contributed by atoms with Gasteiger partial charge in [0.15, 0.2) is 0 Å². The smallest absolute Gasteiger partial charge is 0.0335 e. The number of nitrogens with one attached hydrogen (secondary N) is 1. The summed E-state index contributed by atoms with van der Waals surface area (Å²) in [6.45, 7) is 13.1. The second-order valence-electron chi connectivity index (χ2n) is 6.97. The molecule has 1 saturated carbocycles. The van der Waals surface area contributed by atoms with Crippen molar-refractivity contribution in [3.8, 4) is 0 Å². The zero-order valence-corrected chi connectivity index (χ0v) is 12.2. The standard InChI is InChI=1S/C15H30N2/c1-5-14(4)12-17(10-13(2)3)15(11-16-14)8-6-7-9-15/h13,16H,5-12H2,1-4H3. The lowest BCUT2D eigenvalue weighted by Gasteiger charge is -2.53. The van der Waals surface area contributed by atoms with E-state index in [0.29, 0.717) is 11.1 Å². The van der Waals surface area contributed by atoms with Crippen LogP contribution in [0, 0.1) is 5.92 Å². The van der Waals surface area contributed by atoms with Crippen LogP contribution < -0.4 is 5.32 Å². The molecule has 1 N–H and O–H groups in total. The molecule has 2 heteroatoms. The zero-order valence-electron chi connectivity index (χ0n) is 12.2. The summed E-state index contributed by atoms with van der Waals surface area (Å²) in [6, 6.07) is 0. The van der Waals surface area contributed by atoms with Gasteiger partial charge < -0.3 is 5.32 Å². The van der Waals surface area contributed by atoms with E-state index < -0.39 is 0 Å². The van der Waals surface area contributed by atoms with E-state index in [-0.39, 0.29) is 0 Å². The lowest BCUT2D eigenvalue weighted by molar-refractivity contribution is 0.00383. The molecule has 1 atom stereocenters. The van der Waals surface area contributed by atoms with E-state index in [9.17, 15) is 0 Å². The highest BCUT2D eigenvalue weighted by atomic mass is 15.3. The van der Waals surface area contributed by atoms with Gasteiger partial charge in [-0.25, -0.2) is 0 Å². The van der Waals surface area contributed by atoms with Crippen molar-refractivity contribution < 1.29 is 0 Å². The minimum absolute atomic E-state index is 0.336. The molecule has 2 fully saturated rings. The lowest BCUT2D eigenvalue weighted by atomic mass is 9.84. The Labute approximate surface area is 107 Å². The van der Waals surface area contributed by atoms with Crippen molar-refractivity contribution in [1.82, 2.24) is 10.2 Å². The lowest BCUT2D eigenvalue weighted by Crippen LogP contribution is -2.68. The molecule has 1 aliphatic heterocycles. The summed E-state index contributed by atoms with van der Waals surface area (Å²) in [5.74, 6) is 0.784. The molecule has 100 valence electrons. The van der Waals surface area contributed by atoms with E-state index in [1.165, 1.54) is 51.7 Å². The first-order valence-corrected chi connectivity index (χ1v) is 7.50. The van der Waals surface area contributed by atoms with Gasteiger partial charge in [-0.3, -0.25) is 4.90 Å². The maximum absolute atomic E-state index is 3.84. The predicted octanol–water partition coefficient (Wildman–Crippen LogP) is 3.03. The average Bonchev–Trinajstić information content (AvgIpc) is 2.73. The van der Waals surface area contributed by atoms with Crippen LogP contribution in [0.2, 0.25) is 0 Å². The Bertz CT molecular complexity index is 256. The van der Waals surface area contributed by atoms with E-state index in [2.05, 4.69) is 37.9 Å². The molecular weight excluding hydrogens is 208 g/mol. The van der Waals surface area contributed by atoms with Crippen LogP contribution in [0.15, 0.2) is 0 Å². The summed E-state index contributed by atoms with van der Waals surface area (Å²) < 4.78 is 0. The van der Waals surface area contributed by atoms with Crippen molar-refractivity contribution >= 4 is 0 Å². The molecule has 2 aliphatic rings. The highest BCUT2D eigenvalue weighted by molar-refractivity contribution is 5.05. The van der Waals surface area contributed by atoms with E-state index in [1.54, 1.807) is 0 Å². The Morgan fingerprint density at radius 2 is 1.88 bits per heavy atom. The molecule has 0 radical (unpaired) electrons. The van der Waals surface area contributed by atoms with Crippen molar-refractivity contribution in [2.45, 2.75) is 70.9 Å². The minimum Gasteiger partial charge on any atom is -0.308 e. The van der Waals surface area contributed by atoms with Crippen molar-refractivity contribution in [1.29, 1.82) is 0 Å². The molecular formula is C15H30N2. The van der Waals surface area contributed by atoms with E-state index in [1.807, 2.05) is 0 Å². The van der Waals surface area contributed by atoms with Gasteiger partial charge in [-0.2, -0.15) is 0 Å². The van der Waals surface area contributed by atoms with Crippen LogP contribution in [0.3, 0.4) is 0 Å². The molecule has 1 aliphatic carbocycles. The SMILES string of the molecule is CCC1(C)CN(CC(C)C)C2(CCCC2)CN1. The van der Waals surface area contributed by atoms with Gasteiger partial charge in [-0.1, -0.05) is 33.6 Å². The first kappa shape index (κ1) is 13.4. The van der Waals surface area contributed by atoms with Gasteiger partial charge in [0.1, 0.15) is 0 Å². The summed E-state index contributed by atoms with van der Waals surface area (Å²) in [5, 5.41) is 3.84. The molecule has 17 heavy (non-hydrogen) atoms. The molecule has 2 nitrogen and oxygen atoms in total. The molecule has 0 aromatic heterocycles. The van der Waals surface area contributed by atoms with Crippen molar-refractivity contribution in [3.63, 3.8) is 0 Å². The Kier molecular flexibility index (Phi) is 3.84. The Hall–Kier alpha value is -0.0800. The third kappa shape index (κ3) is 2.68. The minimum atomic E-state index is 0.336. The summed E-state index contributed by atoms with van der Waals surface area (Å²) in [5.41, 5.74) is 0.835. The van der Waals surface area contributed by atoms with Gasteiger partial charge in [-0.15, -0.1) is 0 Å². The molecule has 0 bridgehead atoms. The van der Waals surface area contributed by atoms with Crippen LogP contribution in [0.5, 0.6) is 0 Å². The summed E-state index contributed by atoms with van der Waals surface area (Å²) in [6.07, 6.45) is 6.91. The van der Waals surface area contributed by atoms with Crippen LogP contribution in [0.25, 0.3) is 0 Å². The van der Waals surface area contributed by atoms with Gasteiger partial charge in [-0.05, 0) is 32.1 Å². The summed E-state index contributed by atoms with van der Waals surface area (Å²) >= 11 is 0. The van der Waals surface area contributed by atoms with Crippen molar-refractivity contribution in [2.24, 2.45) is 5.92 Å². The fourth-order valence-electron chi connectivity index (χ4n) is 3.60. The third-order valence-corrected chi connectivity index (χ3v) is 4.96. The van der Waals surface area contributed by atoms with Crippen molar-refractivity contribution in [3.05, 3.63) is 0 Å². The quantitative estimate of drug-likeness (QED) is 0.813. The first-order chi connectivity index (χ1) is 8.00. The van der Waals surface area contributed by atoms with E-state index in [0.717, 1.165) is 5.92 Å². The maximum atomic E-state index is 3.84. The molecule has 0 amide bonds. The maximum Gasteiger partial charge on any atom is 0.0335 e. The fraction of sp³-hybridized carbons (Fsp3) is 1.00. The molecule has 1 heterocycles. The van der Waals surface area contributed by atoms with Crippen LogP contribution in [-0.4, -0.2) is 35.6 Å². The number of piperazine rings is 1. The molecule has 1 saturated heterocycles. The van der Waals surface area contributed by atoms with Crippen LogP contribution in [0.4, 0.5) is 0 Å². The number of rotatable bonds is 3. The number of hydrogen-bond donors (Lipinski definition) is 1. The molecule has 0 aromatic carbocycles. The highest BCUT2D eigenvalue weighted by Crippen LogP contribution is 2.39. The predicted molar refractivity (Wildman–Crippen MR) is 74.3 cm³/mol. The largest absolute Gasteiger partial charge is 0.308 e. The average molecular weight is 238 g/mol. The third-order valence-electron chi connectivity index (χ3n) is 4.96. The van der Waals surface area contributed by atoms with Gasteiger partial charge in [0.2, 0.25) is 0 Å². The summed E-state index contributed by atoms with van der Waals surface area (Å²) in [7, 11) is 0. The molecule has 0 aromatic rings. The van der Waals surface area contributed by atoms with Crippen LogP contribution >= 0.6 is 0 Å². The van der Waals surface area contributed by atoms with E-state index >= 15 is 0 Å². The first-order valence-electron chi connectivity index (χ1n) is 7.50. The number of nitrogens with zero attached hydrogens (tertiary/aromatic N) is 1. The Balaban J connectivity index is 2.12. The van der Waals surface area contributed by atoms with Gasteiger partial charge in [0.25, 0.3) is 0 Å². The van der Waals surface area contributed by atoms with Gasteiger partial charge >= 0.3 is 0 Å². The second kappa shape index (κ2) is 4.89. The van der Waals surface area contributed by atoms with Crippen molar-refractivity contribution in [2.75, 3.05) is 19.6 Å². The second-order valence-corrected chi connectivity index (χ2v) is 6.97.